The number of amides is 1. The lowest BCUT2D eigenvalue weighted by Crippen LogP contribution is -2.16. The maximum Gasteiger partial charge on any atom is 0.295 e. The van der Waals surface area contributed by atoms with Gasteiger partial charge in [0.2, 0.25) is 5.82 Å². The monoisotopic (exact) mass is 382 g/mol. The molecule has 0 atom stereocenters. The molecule has 0 fully saturated rings. The quantitative estimate of drug-likeness (QED) is 0.533. The molecule has 1 amide bonds. The molecule has 3 aromatic carbocycles. The molecule has 0 bridgehead atoms. The third-order valence-electron chi connectivity index (χ3n) is 4.81. The Morgan fingerprint density at radius 3 is 2.24 bits per heavy atom. The molecule has 0 spiro atoms. The van der Waals surface area contributed by atoms with Crippen LogP contribution < -0.4 is 5.32 Å². The second-order valence-electron chi connectivity index (χ2n) is 7.10. The fraction of sp³-hybridized carbons (Fsp3) is 0.125. The molecular weight excluding hydrogens is 360 g/mol. The summed E-state index contributed by atoms with van der Waals surface area (Å²) in [6.07, 6.45) is 0. The number of rotatable bonds is 4. The van der Waals surface area contributed by atoms with Crippen molar-refractivity contribution in [2.24, 2.45) is 0 Å². The van der Waals surface area contributed by atoms with Crippen LogP contribution in [-0.4, -0.2) is 20.7 Å². The first kappa shape index (κ1) is 18.6. The van der Waals surface area contributed by atoms with Gasteiger partial charge in [-0.25, -0.2) is 9.67 Å². The molecule has 0 aliphatic carbocycles. The summed E-state index contributed by atoms with van der Waals surface area (Å²) in [5, 5.41) is 7.51. The molecule has 0 saturated carbocycles. The van der Waals surface area contributed by atoms with Crippen molar-refractivity contribution in [3.8, 4) is 17.1 Å². The maximum absolute atomic E-state index is 13.0. The van der Waals surface area contributed by atoms with E-state index in [2.05, 4.69) is 15.4 Å². The van der Waals surface area contributed by atoms with Gasteiger partial charge in [-0.2, -0.15) is 0 Å². The summed E-state index contributed by atoms with van der Waals surface area (Å²) in [5.74, 6) is 0.436. The minimum atomic E-state index is -0.328. The Morgan fingerprint density at radius 2 is 1.55 bits per heavy atom. The summed E-state index contributed by atoms with van der Waals surface area (Å²) in [7, 11) is 0. The molecule has 0 aliphatic rings. The average Bonchev–Trinajstić information content (AvgIpc) is 3.17. The van der Waals surface area contributed by atoms with Crippen LogP contribution >= 0.6 is 0 Å². The van der Waals surface area contributed by atoms with Crippen LogP contribution in [0.2, 0.25) is 0 Å². The van der Waals surface area contributed by atoms with Gasteiger partial charge in [0, 0.05) is 11.3 Å². The number of para-hydroxylation sites is 2. The smallest absolute Gasteiger partial charge is 0.295 e. The zero-order valence-electron chi connectivity index (χ0n) is 16.7. The summed E-state index contributed by atoms with van der Waals surface area (Å²) in [4.78, 5) is 17.6. The van der Waals surface area contributed by atoms with Crippen molar-refractivity contribution in [1.82, 2.24) is 14.8 Å². The van der Waals surface area contributed by atoms with E-state index in [1.54, 1.807) is 4.68 Å². The summed E-state index contributed by atoms with van der Waals surface area (Å²) < 4.78 is 1.72. The van der Waals surface area contributed by atoms with E-state index in [-0.39, 0.29) is 11.7 Å². The highest BCUT2D eigenvalue weighted by atomic mass is 16.2. The van der Waals surface area contributed by atoms with Crippen LogP contribution in [0, 0.1) is 20.8 Å². The van der Waals surface area contributed by atoms with Crippen LogP contribution in [0.25, 0.3) is 17.1 Å². The lowest BCUT2D eigenvalue weighted by Gasteiger charge is -2.09. The molecular formula is C24H22N4O. The van der Waals surface area contributed by atoms with Gasteiger partial charge in [0.05, 0.1) is 5.69 Å². The Balaban J connectivity index is 1.78. The van der Waals surface area contributed by atoms with Crippen molar-refractivity contribution >= 4 is 11.6 Å². The number of aromatic nitrogens is 3. The first-order chi connectivity index (χ1) is 14.0. The Morgan fingerprint density at radius 1 is 0.862 bits per heavy atom. The van der Waals surface area contributed by atoms with Crippen molar-refractivity contribution < 1.29 is 4.79 Å². The fourth-order valence-electron chi connectivity index (χ4n) is 3.31. The third-order valence-corrected chi connectivity index (χ3v) is 4.81. The molecule has 29 heavy (non-hydrogen) atoms. The van der Waals surface area contributed by atoms with Crippen LogP contribution in [0.15, 0.2) is 72.8 Å². The molecule has 0 radical (unpaired) electrons. The van der Waals surface area contributed by atoms with Gasteiger partial charge < -0.3 is 5.32 Å². The summed E-state index contributed by atoms with van der Waals surface area (Å²) >= 11 is 0. The lowest BCUT2D eigenvalue weighted by molar-refractivity contribution is 0.101. The van der Waals surface area contributed by atoms with Crippen molar-refractivity contribution in [3.63, 3.8) is 0 Å². The fourth-order valence-corrected chi connectivity index (χ4v) is 3.31. The first-order valence-corrected chi connectivity index (χ1v) is 9.50. The SMILES string of the molecule is Cc1cccc(-c2nc(C(=O)Nc3c(C)cccc3C)nn2-c2ccccc2)c1. The number of carbonyl (C=O) groups is 1. The molecule has 4 aromatic rings. The minimum Gasteiger partial charge on any atom is -0.319 e. The van der Waals surface area contributed by atoms with Crippen molar-refractivity contribution in [3.05, 3.63) is 95.3 Å². The summed E-state index contributed by atoms with van der Waals surface area (Å²) in [5.41, 5.74) is 5.67. The van der Waals surface area contributed by atoms with Crippen LogP contribution in [0.1, 0.15) is 27.3 Å². The highest BCUT2D eigenvalue weighted by Gasteiger charge is 2.20. The first-order valence-electron chi connectivity index (χ1n) is 9.50. The normalized spacial score (nSPS) is 10.7. The van der Waals surface area contributed by atoms with Gasteiger partial charge in [-0.05, 0) is 50.1 Å². The molecule has 4 rings (SSSR count). The van der Waals surface area contributed by atoms with Crippen LogP contribution in [0.5, 0.6) is 0 Å². The maximum atomic E-state index is 13.0. The topological polar surface area (TPSA) is 59.8 Å². The molecule has 1 heterocycles. The number of nitrogens with zero attached hydrogens (tertiary/aromatic N) is 3. The third kappa shape index (κ3) is 3.80. The van der Waals surface area contributed by atoms with Crippen LogP contribution in [0.4, 0.5) is 5.69 Å². The van der Waals surface area contributed by atoms with E-state index in [1.807, 2.05) is 93.6 Å². The Labute approximate surface area is 170 Å². The number of hydrogen-bond acceptors (Lipinski definition) is 3. The molecule has 0 aliphatic heterocycles. The van der Waals surface area contributed by atoms with Gasteiger partial charge in [0.1, 0.15) is 0 Å². The van der Waals surface area contributed by atoms with Gasteiger partial charge in [-0.3, -0.25) is 4.79 Å². The van der Waals surface area contributed by atoms with E-state index in [9.17, 15) is 4.79 Å². The Bertz CT molecular complexity index is 1160. The second kappa shape index (κ2) is 7.72. The predicted octanol–water partition coefficient (Wildman–Crippen LogP) is 5.11. The highest BCUT2D eigenvalue weighted by molar-refractivity contribution is 6.02. The zero-order chi connectivity index (χ0) is 20.4. The van der Waals surface area contributed by atoms with E-state index in [4.69, 9.17) is 0 Å². The molecule has 5 heteroatoms. The van der Waals surface area contributed by atoms with Crippen LogP contribution in [-0.2, 0) is 0 Å². The lowest BCUT2D eigenvalue weighted by atomic mass is 10.1. The van der Waals surface area contributed by atoms with Gasteiger partial charge in [0.15, 0.2) is 5.82 Å². The average molecular weight is 382 g/mol. The van der Waals surface area contributed by atoms with Gasteiger partial charge >= 0.3 is 0 Å². The zero-order valence-corrected chi connectivity index (χ0v) is 16.7. The molecule has 1 N–H and O–H groups in total. The largest absolute Gasteiger partial charge is 0.319 e. The highest BCUT2D eigenvalue weighted by Crippen LogP contribution is 2.24. The van der Waals surface area contributed by atoms with Crippen molar-refractivity contribution in [2.45, 2.75) is 20.8 Å². The van der Waals surface area contributed by atoms with Gasteiger partial charge in [0.25, 0.3) is 5.91 Å². The Kier molecular flexibility index (Phi) is 4.96. The van der Waals surface area contributed by atoms with Gasteiger partial charge in [-0.1, -0.05) is 60.2 Å². The molecule has 5 nitrogen and oxygen atoms in total. The molecule has 0 unspecified atom stereocenters. The number of anilines is 1. The standard InChI is InChI=1S/C24H22N4O/c1-16-9-7-12-19(15-16)23-26-22(27-28(23)20-13-5-4-6-14-20)24(29)25-21-17(2)10-8-11-18(21)3/h4-15H,1-3H3,(H,25,29). The van der Waals surface area contributed by atoms with E-state index < -0.39 is 0 Å². The molecule has 1 aromatic heterocycles. The molecule has 144 valence electrons. The summed E-state index contributed by atoms with van der Waals surface area (Å²) in [6.45, 7) is 5.97. The van der Waals surface area contributed by atoms with E-state index in [0.717, 1.165) is 33.6 Å². The summed E-state index contributed by atoms with van der Waals surface area (Å²) in [6, 6.07) is 23.6. The number of aryl methyl sites for hydroxylation is 3. The minimum absolute atomic E-state index is 0.132. The van der Waals surface area contributed by atoms with Gasteiger partial charge in [-0.15, -0.1) is 5.10 Å². The van der Waals surface area contributed by atoms with Crippen molar-refractivity contribution in [1.29, 1.82) is 0 Å². The number of nitrogens with one attached hydrogen (secondary N) is 1. The van der Waals surface area contributed by atoms with E-state index >= 15 is 0 Å². The van der Waals surface area contributed by atoms with E-state index in [1.165, 1.54) is 0 Å². The second-order valence-corrected chi connectivity index (χ2v) is 7.10. The predicted molar refractivity (Wildman–Crippen MR) is 115 cm³/mol. The number of benzene rings is 3. The van der Waals surface area contributed by atoms with Crippen molar-refractivity contribution in [2.75, 3.05) is 5.32 Å². The van der Waals surface area contributed by atoms with Crippen LogP contribution in [0.3, 0.4) is 0 Å². The number of carbonyl (C=O) groups excluding carboxylic acids is 1. The Hall–Kier alpha value is -3.73. The van der Waals surface area contributed by atoms with E-state index in [0.29, 0.717) is 5.82 Å². The molecule has 0 saturated heterocycles. The number of hydrogen-bond donors (Lipinski definition) is 1.